The van der Waals surface area contributed by atoms with E-state index in [2.05, 4.69) is 50.3 Å². The number of allylic oxidation sites excluding steroid dienone is 6. The molecule has 1 atom stereocenters. The number of carboxylic acids is 1. The number of carbonyl (C=O) groups is 2. The first-order chi connectivity index (χ1) is 20.6. The summed E-state index contributed by atoms with van der Waals surface area (Å²) in [5.41, 5.74) is 0. The summed E-state index contributed by atoms with van der Waals surface area (Å²) >= 11 is 0. The molecular weight excluding hydrogens is 520 g/mol. The highest BCUT2D eigenvalue weighted by Crippen LogP contribution is 2.17. The van der Waals surface area contributed by atoms with Crippen LogP contribution in [0.3, 0.4) is 0 Å². The van der Waals surface area contributed by atoms with E-state index in [0.29, 0.717) is 12.8 Å². The van der Waals surface area contributed by atoms with Gasteiger partial charge in [0.15, 0.2) is 0 Å². The van der Waals surface area contributed by atoms with Gasteiger partial charge in [0.1, 0.15) is 6.10 Å². The summed E-state index contributed by atoms with van der Waals surface area (Å²) in [6.45, 7) is 4.42. The lowest BCUT2D eigenvalue weighted by atomic mass is 10.0. The molecule has 0 aliphatic heterocycles. The average Bonchev–Trinajstić information content (AvgIpc) is 2.97. The van der Waals surface area contributed by atoms with E-state index in [-0.39, 0.29) is 18.5 Å². The van der Waals surface area contributed by atoms with Crippen molar-refractivity contribution in [3.05, 3.63) is 36.5 Å². The third-order valence-electron chi connectivity index (χ3n) is 7.89. The molecule has 244 valence electrons. The average molecular weight is 589 g/mol. The standard InChI is InChI=1S/C38H68O4/c1-3-5-7-9-11-13-15-17-18-19-20-21-23-25-27-29-31-33-38(41)42-36(34-35-37(39)40)32-30-28-26-24-22-16-14-12-10-8-6-4-2/h5,7,11,13,17-18,36H,3-4,6,8-10,12,14-16,19-35H2,1-2H3,(H,39,40)/b7-5-,13-11-,18-17-. The second kappa shape index (κ2) is 33.7. The maximum absolute atomic E-state index is 12.4. The summed E-state index contributed by atoms with van der Waals surface area (Å²) < 4.78 is 5.71. The Balaban J connectivity index is 3.77. The maximum atomic E-state index is 12.4. The van der Waals surface area contributed by atoms with Crippen LogP contribution >= 0.6 is 0 Å². The summed E-state index contributed by atoms with van der Waals surface area (Å²) in [7, 11) is 0. The van der Waals surface area contributed by atoms with Gasteiger partial charge in [0.2, 0.25) is 0 Å². The summed E-state index contributed by atoms with van der Waals surface area (Å²) in [5.74, 6) is -0.965. The molecule has 0 spiro atoms. The molecule has 0 aliphatic carbocycles. The first-order valence-electron chi connectivity index (χ1n) is 18.0. The Morgan fingerprint density at radius 3 is 1.57 bits per heavy atom. The van der Waals surface area contributed by atoms with Crippen LogP contribution in [0.25, 0.3) is 0 Å². The van der Waals surface area contributed by atoms with Crippen molar-refractivity contribution < 1.29 is 19.4 Å². The van der Waals surface area contributed by atoms with Gasteiger partial charge in [0.05, 0.1) is 0 Å². The largest absolute Gasteiger partial charge is 0.481 e. The molecule has 42 heavy (non-hydrogen) atoms. The fourth-order valence-corrected chi connectivity index (χ4v) is 5.25. The third-order valence-corrected chi connectivity index (χ3v) is 7.89. The van der Waals surface area contributed by atoms with Crippen LogP contribution in [0.2, 0.25) is 0 Å². The zero-order chi connectivity index (χ0) is 30.8. The molecule has 4 nitrogen and oxygen atoms in total. The van der Waals surface area contributed by atoms with Crippen LogP contribution in [-0.2, 0) is 14.3 Å². The Morgan fingerprint density at radius 2 is 1.02 bits per heavy atom. The van der Waals surface area contributed by atoms with Crippen molar-refractivity contribution in [2.75, 3.05) is 0 Å². The van der Waals surface area contributed by atoms with Crippen LogP contribution < -0.4 is 0 Å². The van der Waals surface area contributed by atoms with Crippen molar-refractivity contribution in [3.8, 4) is 0 Å². The number of carbonyl (C=O) groups excluding carboxylic acids is 1. The fraction of sp³-hybridized carbons (Fsp3) is 0.789. The molecule has 0 aromatic rings. The highest BCUT2D eigenvalue weighted by Gasteiger charge is 2.15. The predicted octanol–water partition coefficient (Wildman–Crippen LogP) is 12.2. The van der Waals surface area contributed by atoms with Gasteiger partial charge < -0.3 is 9.84 Å². The molecule has 1 unspecified atom stereocenters. The predicted molar refractivity (Wildman–Crippen MR) is 181 cm³/mol. The zero-order valence-corrected chi connectivity index (χ0v) is 27.8. The Labute approximate surface area is 260 Å². The fourth-order valence-electron chi connectivity index (χ4n) is 5.25. The van der Waals surface area contributed by atoms with Gasteiger partial charge in [-0.3, -0.25) is 9.59 Å². The van der Waals surface area contributed by atoms with Crippen molar-refractivity contribution in [2.24, 2.45) is 0 Å². The van der Waals surface area contributed by atoms with Gasteiger partial charge in [-0.15, -0.1) is 0 Å². The van der Waals surface area contributed by atoms with Gasteiger partial charge in [0.25, 0.3) is 0 Å². The molecule has 1 N–H and O–H groups in total. The number of aliphatic carboxylic acids is 1. The van der Waals surface area contributed by atoms with Gasteiger partial charge in [-0.25, -0.2) is 0 Å². The van der Waals surface area contributed by atoms with Crippen molar-refractivity contribution in [2.45, 2.75) is 193 Å². The van der Waals surface area contributed by atoms with Crippen LogP contribution in [0.5, 0.6) is 0 Å². The van der Waals surface area contributed by atoms with Crippen LogP contribution in [0.1, 0.15) is 187 Å². The maximum Gasteiger partial charge on any atom is 0.306 e. The van der Waals surface area contributed by atoms with Gasteiger partial charge in [-0.1, -0.05) is 153 Å². The van der Waals surface area contributed by atoms with Gasteiger partial charge in [-0.05, 0) is 57.8 Å². The highest BCUT2D eigenvalue weighted by molar-refractivity contribution is 5.69. The summed E-state index contributed by atoms with van der Waals surface area (Å²) in [6, 6.07) is 0. The lowest BCUT2D eigenvalue weighted by Gasteiger charge is -2.17. The number of hydrogen-bond acceptors (Lipinski definition) is 3. The lowest BCUT2D eigenvalue weighted by molar-refractivity contribution is -0.151. The minimum absolute atomic E-state index is 0.0694. The lowest BCUT2D eigenvalue weighted by Crippen LogP contribution is -2.19. The number of ether oxygens (including phenoxy) is 1. The molecule has 4 heteroatoms. The summed E-state index contributed by atoms with van der Waals surface area (Å²) in [6.07, 6.45) is 43.0. The Bertz CT molecular complexity index is 679. The SMILES string of the molecule is CC/C=C\C/C=C\C/C=C\CCCCCCCCCC(=O)OC(CCCCCCCCCCCCCC)CCC(=O)O. The van der Waals surface area contributed by atoms with Gasteiger partial charge in [-0.2, -0.15) is 0 Å². The molecule has 0 rings (SSSR count). The van der Waals surface area contributed by atoms with E-state index in [0.717, 1.165) is 57.8 Å². The minimum Gasteiger partial charge on any atom is -0.481 e. The monoisotopic (exact) mass is 589 g/mol. The van der Waals surface area contributed by atoms with E-state index in [1.807, 2.05) is 0 Å². The molecule has 0 radical (unpaired) electrons. The molecule has 0 aromatic carbocycles. The van der Waals surface area contributed by atoms with E-state index < -0.39 is 5.97 Å². The van der Waals surface area contributed by atoms with Crippen molar-refractivity contribution >= 4 is 11.9 Å². The third kappa shape index (κ3) is 32.7. The number of carboxylic acid groups (broad SMARTS) is 1. The van der Waals surface area contributed by atoms with E-state index in [9.17, 15) is 9.59 Å². The smallest absolute Gasteiger partial charge is 0.306 e. The van der Waals surface area contributed by atoms with Crippen molar-refractivity contribution in [1.82, 2.24) is 0 Å². The normalized spacial score (nSPS) is 12.6. The minimum atomic E-state index is -0.815. The van der Waals surface area contributed by atoms with E-state index >= 15 is 0 Å². The second-order valence-corrected chi connectivity index (χ2v) is 12.0. The Kier molecular flexibility index (Phi) is 32.2. The number of hydrogen-bond donors (Lipinski definition) is 1. The van der Waals surface area contributed by atoms with Crippen LogP contribution in [0.15, 0.2) is 36.5 Å². The van der Waals surface area contributed by atoms with E-state index in [1.165, 1.54) is 96.3 Å². The number of esters is 1. The molecule has 0 amide bonds. The molecule has 0 aromatic heterocycles. The molecule has 0 aliphatic rings. The summed E-state index contributed by atoms with van der Waals surface area (Å²) in [4.78, 5) is 23.5. The summed E-state index contributed by atoms with van der Waals surface area (Å²) in [5, 5.41) is 9.09. The Morgan fingerprint density at radius 1 is 0.548 bits per heavy atom. The second-order valence-electron chi connectivity index (χ2n) is 12.0. The molecule has 0 bridgehead atoms. The quantitative estimate of drug-likeness (QED) is 0.0482. The number of unbranched alkanes of at least 4 members (excludes halogenated alkanes) is 18. The van der Waals surface area contributed by atoms with Gasteiger partial charge >= 0.3 is 11.9 Å². The van der Waals surface area contributed by atoms with Gasteiger partial charge in [0, 0.05) is 12.8 Å². The van der Waals surface area contributed by atoms with E-state index in [4.69, 9.17) is 9.84 Å². The zero-order valence-electron chi connectivity index (χ0n) is 27.8. The topological polar surface area (TPSA) is 63.6 Å². The molecule has 0 fully saturated rings. The highest BCUT2D eigenvalue weighted by atomic mass is 16.5. The first-order valence-corrected chi connectivity index (χ1v) is 18.0. The molecular formula is C38H68O4. The number of rotatable bonds is 32. The van der Waals surface area contributed by atoms with Crippen molar-refractivity contribution in [1.29, 1.82) is 0 Å². The molecule has 0 saturated heterocycles. The van der Waals surface area contributed by atoms with Crippen LogP contribution in [0, 0.1) is 0 Å². The molecule has 0 saturated carbocycles. The van der Waals surface area contributed by atoms with E-state index in [1.54, 1.807) is 0 Å². The van der Waals surface area contributed by atoms with Crippen LogP contribution in [0.4, 0.5) is 0 Å². The first kappa shape index (κ1) is 40.2. The Hall–Kier alpha value is -1.84. The van der Waals surface area contributed by atoms with Crippen LogP contribution in [-0.4, -0.2) is 23.1 Å². The van der Waals surface area contributed by atoms with Crippen molar-refractivity contribution in [3.63, 3.8) is 0 Å². The molecule has 0 heterocycles.